The molecule has 0 radical (unpaired) electrons. The van der Waals surface area contributed by atoms with Crippen molar-refractivity contribution in [2.24, 2.45) is 0 Å². The van der Waals surface area contributed by atoms with Crippen molar-refractivity contribution < 1.29 is 17.2 Å². The SMILES string of the molecule is CC(C)(C)c1ncc(C(F)F)cc1S(C)(=O)=O. The number of pyridine rings is 1. The zero-order valence-electron chi connectivity index (χ0n) is 10.2. The Morgan fingerprint density at radius 1 is 1.29 bits per heavy atom. The maximum atomic E-state index is 12.5. The van der Waals surface area contributed by atoms with Gasteiger partial charge >= 0.3 is 0 Å². The van der Waals surface area contributed by atoms with Gasteiger partial charge in [0.05, 0.1) is 10.6 Å². The van der Waals surface area contributed by atoms with Crippen LogP contribution in [-0.4, -0.2) is 19.7 Å². The maximum Gasteiger partial charge on any atom is 0.265 e. The van der Waals surface area contributed by atoms with E-state index in [9.17, 15) is 17.2 Å². The van der Waals surface area contributed by atoms with Gasteiger partial charge in [-0.25, -0.2) is 17.2 Å². The highest BCUT2D eigenvalue weighted by Gasteiger charge is 2.26. The zero-order valence-corrected chi connectivity index (χ0v) is 11.0. The van der Waals surface area contributed by atoms with Crippen molar-refractivity contribution in [3.05, 3.63) is 23.5 Å². The van der Waals surface area contributed by atoms with Gasteiger partial charge in [-0.05, 0) is 6.07 Å². The third-order valence-corrected chi connectivity index (χ3v) is 3.35. The molecule has 0 saturated heterocycles. The Morgan fingerprint density at radius 2 is 1.82 bits per heavy atom. The van der Waals surface area contributed by atoms with Gasteiger partial charge in [-0.15, -0.1) is 0 Å². The third kappa shape index (κ3) is 3.21. The van der Waals surface area contributed by atoms with Crippen LogP contribution in [0.5, 0.6) is 0 Å². The molecule has 96 valence electrons. The summed E-state index contributed by atoms with van der Waals surface area (Å²) in [6.07, 6.45) is -0.703. The minimum atomic E-state index is -3.57. The first-order valence-electron chi connectivity index (χ1n) is 5.02. The molecule has 1 heterocycles. The molecule has 0 aliphatic carbocycles. The van der Waals surface area contributed by atoms with E-state index in [1.165, 1.54) is 0 Å². The lowest BCUT2D eigenvalue weighted by atomic mass is 9.91. The number of nitrogens with zero attached hydrogens (tertiary/aromatic N) is 1. The van der Waals surface area contributed by atoms with Crippen LogP contribution in [0.3, 0.4) is 0 Å². The molecule has 0 amide bonds. The first kappa shape index (κ1) is 14.0. The normalized spacial score (nSPS) is 13.1. The molecule has 1 rings (SSSR count). The Bertz CT molecular complexity index is 519. The first-order valence-corrected chi connectivity index (χ1v) is 6.91. The van der Waals surface area contributed by atoms with Crippen LogP contribution in [0, 0.1) is 0 Å². The van der Waals surface area contributed by atoms with Crippen LogP contribution < -0.4 is 0 Å². The molecule has 0 N–H and O–H groups in total. The minimum Gasteiger partial charge on any atom is -0.259 e. The second-order valence-corrected chi connectivity index (χ2v) is 6.92. The Balaban J connectivity index is 3.55. The predicted molar refractivity (Wildman–Crippen MR) is 61.0 cm³/mol. The highest BCUT2D eigenvalue weighted by Crippen LogP contribution is 2.30. The molecule has 6 heteroatoms. The molecule has 0 aliphatic heterocycles. The van der Waals surface area contributed by atoms with Gasteiger partial charge in [0.1, 0.15) is 0 Å². The number of sulfone groups is 1. The van der Waals surface area contributed by atoms with Crippen LogP contribution in [0.15, 0.2) is 17.2 Å². The fourth-order valence-corrected chi connectivity index (χ4v) is 2.49. The highest BCUT2D eigenvalue weighted by molar-refractivity contribution is 7.90. The zero-order chi connectivity index (χ0) is 13.4. The Morgan fingerprint density at radius 3 is 2.18 bits per heavy atom. The third-order valence-electron chi connectivity index (χ3n) is 2.24. The molecule has 0 bridgehead atoms. The second kappa shape index (κ2) is 4.33. The van der Waals surface area contributed by atoms with Crippen molar-refractivity contribution in [3.63, 3.8) is 0 Å². The summed E-state index contributed by atoms with van der Waals surface area (Å²) in [5.74, 6) is 0. The van der Waals surface area contributed by atoms with Crippen LogP contribution in [0.25, 0.3) is 0 Å². The molecule has 0 saturated carbocycles. The Labute approximate surface area is 99.8 Å². The highest BCUT2D eigenvalue weighted by atomic mass is 32.2. The van der Waals surface area contributed by atoms with Gasteiger partial charge in [-0.3, -0.25) is 4.98 Å². The standard InChI is InChI=1S/C11H15F2NO2S/c1-11(2,3)9-8(17(4,15)16)5-7(6-14-9)10(12)13/h5-6,10H,1-4H3. The summed E-state index contributed by atoms with van der Waals surface area (Å²) in [5, 5.41) is 0. The molecule has 0 spiro atoms. The van der Waals surface area contributed by atoms with Crippen LogP contribution >= 0.6 is 0 Å². The summed E-state index contributed by atoms with van der Waals surface area (Å²) >= 11 is 0. The smallest absolute Gasteiger partial charge is 0.259 e. The number of halogens is 2. The van der Waals surface area contributed by atoms with Gasteiger partial charge in [0.25, 0.3) is 6.43 Å². The lowest BCUT2D eigenvalue weighted by Gasteiger charge is -2.21. The summed E-state index contributed by atoms with van der Waals surface area (Å²) in [6, 6.07) is 1.01. The van der Waals surface area contributed by atoms with E-state index in [0.29, 0.717) is 5.69 Å². The molecule has 0 atom stereocenters. The number of alkyl halides is 2. The van der Waals surface area contributed by atoms with Crippen LogP contribution in [0.1, 0.15) is 38.5 Å². The van der Waals surface area contributed by atoms with Crippen molar-refractivity contribution in [3.8, 4) is 0 Å². The predicted octanol–water partition coefficient (Wildman–Crippen LogP) is 2.72. The van der Waals surface area contributed by atoms with Crippen molar-refractivity contribution in [1.29, 1.82) is 0 Å². The fraction of sp³-hybridized carbons (Fsp3) is 0.545. The molecule has 0 aromatic carbocycles. The molecule has 0 aliphatic rings. The molecule has 1 aromatic heterocycles. The molecule has 0 fully saturated rings. The minimum absolute atomic E-state index is 0.122. The fourth-order valence-electron chi connectivity index (χ4n) is 1.42. The Hall–Kier alpha value is -1.04. The van der Waals surface area contributed by atoms with E-state index in [-0.39, 0.29) is 10.5 Å². The summed E-state index contributed by atoms with van der Waals surface area (Å²) < 4.78 is 48.2. The first-order chi connectivity index (χ1) is 7.53. The summed E-state index contributed by atoms with van der Waals surface area (Å²) in [7, 11) is -3.57. The van der Waals surface area contributed by atoms with Crippen LogP contribution in [0.2, 0.25) is 0 Å². The lowest BCUT2D eigenvalue weighted by Crippen LogP contribution is -2.19. The van der Waals surface area contributed by atoms with Crippen molar-refractivity contribution in [2.45, 2.75) is 37.5 Å². The second-order valence-electron chi connectivity index (χ2n) is 4.94. The van der Waals surface area contributed by atoms with Crippen molar-refractivity contribution >= 4 is 9.84 Å². The van der Waals surface area contributed by atoms with E-state index in [1.54, 1.807) is 20.8 Å². The average Bonchev–Trinajstić information content (AvgIpc) is 2.14. The van der Waals surface area contributed by atoms with Gasteiger partial charge < -0.3 is 0 Å². The summed E-state index contributed by atoms with van der Waals surface area (Å²) in [6.45, 7) is 5.35. The van der Waals surface area contributed by atoms with Crippen molar-refractivity contribution in [1.82, 2.24) is 4.98 Å². The van der Waals surface area contributed by atoms with Crippen molar-refractivity contribution in [2.75, 3.05) is 6.26 Å². The number of hydrogen-bond acceptors (Lipinski definition) is 3. The maximum absolute atomic E-state index is 12.5. The summed E-state index contributed by atoms with van der Waals surface area (Å²) in [5.41, 5.74) is -0.582. The van der Waals surface area contributed by atoms with Gasteiger partial charge in [-0.1, -0.05) is 20.8 Å². The number of rotatable bonds is 2. The van der Waals surface area contributed by atoms with Crippen LogP contribution in [-0.2, 0) is 15.3 Å². The van der Waals surface area contributed by atoms with E-state index >= 15 is 0 Å². The van der Waals surface area contributed by atoms with E-state index in [1.807, 2.05) is 0 Å². The van der Waals surface area contributed by atoms with E-state index in [2.05, 4.69) is 4.98 Å². The molecule has 17 heavy (non-hydrogen) atoms. The van der Waals surface area contributed by atoms with E-state index in [0.717, 1.165) is 18.5 Å². The van der Waals surface area contributed by atoms with E-state index in [4.69, 9.17) is 0 Å². The quantitative estimate of drug-likeness (QED) is 0.824. The Kier molecular flexibility index (Phi) is 3.57. The average molecular weight is 263 g/mol. The summed E-state index contributed by atoms with van der Waals surface area (Å²) in [4.78, 5) is 3.76. The lowest BCUT2D eigenvalue weighted by molar-refractivity contribution is 0.150. The van der Waals surface area contributed by atoms with Crippen LogP contribution in [0.4, 0.5) is 8.78 Å². The van der Waals surface area contributed by atoms with Gasteiger partial charge in [0.15, 0.2) is 9.84 Å². The van der Waals surface area contributed by atoms with E-state index < -0.39 is 21.7 Å². The molecule has 0 unspecified atom stereocenters. The molecular formula is C11H15F2NO2S. The molecule has 3 nitrogen and oxygen atoms in total. The topological polar surface area (TPSA) is 47.0 Å². The monoisotopic (exact) mass is 263 g/mol. The largest absolute Gasteiger partial charge is 0.265 e. The number of hydrogen-bond donors (Lipinski definition) is 0. The number of aromatic nitrogens is 1. The molecular weight excluding hydrogens is 248 g/mol. The van der Waals surface area contributed by atoms with Gasteiger partial charge in [0.2, 0.25) is 0 Å². The van der Waals surface area contributed by atoms with Gasteiger partial charge in [-0.2, -0.15) is 0 Å². The molecule has 1 aromatic rings. The van der Waals surface area contributed by atoms with Gasteiger partial charge in [0, 0.05) is 23.4 Å².